The molecule has 0 radical (unpaired) electrons. The smallest absolute Gasteiger partial charge is 0.234 e. The summed E-state index contributed by atoms with van der Waals surface area (Å²) in [5, 5.41) is 3.28. The molecule has 0 spiro atoms. The number of hydrazine groups is 1. The van der Waals surface area contributed by atoms with Crippen LogP contribution < -0.4 is 20.9 Å². The van der Waals surface area contributed by atoms with Crippen molar-refractivity contribution in [2.45, 2.75) is 37.9 Å². The summed E-state index contributed by atoms with van der Waals surface area (Å²) in [5.74, 6) is 3.71. The summed E-state index contributed by atoms with van der Waals surface area (Å²) in [6.45, 7) is 0.489. The van der Waals surface area contributed by atoms with E-state index in [0.29, 0.717) is 37.6 Å². The van der Waals surface area contributed by atoms with Crippen LogP contribution in [0.4, 0.5) is 5.95 Å². The number of anilines is 1. The van der Waals surface area contributed by atoms with Crippen LogP contribution in [0.1, 0.15) is 36.0 Å². The minimum absolute atomic E-state index is 0.0189. The van der Waals surface area contributed by atoms with Crippen molar-refractivity contribution in [1.29, 1.82) is 0 Å². The summed E-state index contributed by atoms with van der Waals surface area (Å²) in [5.41, 5.74) is 8.55. The number of carbonyl (C=O) groups is 1. The standard InChI is InChI=1S/C22H24N6O2/c1-3-4-12-22(26-27-22)13-11-20(29)28-18-8-6-5-7-17(18)25-21(28)24-15-16-9-10-19(30-2)23-14-16/h1,5-10,14,26-27H,4,11-13,15H2,2H3,(H,24,25). The lowest BCUT2D eigenvalue weighted by atomic mass is 10.0. The summed E-state index contributed by atoms with van der Waals surface area (Å²) in [6.07, 6.45) is 9.57. The van der Waals surface area contributed by atoms with Crippen LogP contribution >= 0.6 is 0 Å². The van der Waals surface area contributed by atoms with Crippen molar-refractivity contribution in [2.24, 2.45) is 0 Å². The van der Waals surface area contributed by atoms with Gasteiger partial charge in [-0.05, 0) is 30.5 Å². The van der Waals surface area contributed by atoms with Gasteiger partial charge in [0.05, 0.1) is 23.8 Å². The molecule has 2 aromatic heterocycles. The molecule has 8 nitrogen and oxygen atoms in total. The number of para-hydroxylation sites is 2. The van der Waals surface area contributed by atoms with E-state index in [1.165, 1.54) is 0 Å². The molecule has 0 saturated carbocycles. The maximum atomic E-state index is 13.1. The lowest BCUT2D eigenvalue weighted by Crippen LogP contribution is -2.22. The highest BCUT2D eigenvalue weighted by Gasteiger charge is 2.41. The molecule has 1 fully saturated rings. The van der Waals surface area contributed by atoms with Gasteiger partial charge in [0.1, 0.15) is 0 Å². The van der Waals surface area contributed by atoms with E-state index in [1.807, 2.05) is 30.3 Å². The van der Waals surface area contributed by atoms with E-state index in [0.717, 1.165) is 23.0 Å². The van der Waals surface area contributed by atoms with Crippen LogP contribution in [-0.4, -0.2) is 33.2 Å². The number of carbonyl (C=O) groups excluding carboxylic acids is 1. The molecular weight excluding hydrogens is 380 g/mol. The second-order valence-electron chi connectivity index (χ2n) is 7.25. The fourth-order valence-corrected chi connectivity index (χ4v) is 3.40. The molecule has 0 unspecified atom stereocenters. The molecule has 8 heteroatoms. The molecule has 0 aliphatic carbocycles. The zero-order chi connectivity index (χ0) is 21.0. The van der Waals surface area contributed by atoms with E-state index < -0.39 is 0 Å². The normalized spacial score (nSPS) is 14.3. The minimum Gasteiger partial charge on any atom is -0.481 e. The number of hydrogen-bond acceptors (Lipinski definition) is 7. The second-order valence-corrected chi connectivity index (χ2v) is 7.25. The number of benzene rings is 1. The van der Waals surface area contributed by atoms with Crippen molar-refractivity contribution in [1.82, 2.24) is 25.4 Å². The number of imidazole rings is 1. The predicted molar refractivity (Wildman–Crippen MR) is 115 cm³/mol. The molecular formula is C22H24N6O2. The SMILES string of the molecule is C#CCCC1(CCC(=O)n2c(NCc3ccc(OC)nc3)nc3ccccc32)NN1. The predicted octanol–water partition coefficient (Wildman–Crippen LogP) is 2.69. The third kappa shape index (κ3) is 4.27. The fourth-order valence-electron chi connectivity index (χ4n) is 3.40. The average Bonchev–Trinajstić information content (AvgIpc) is 3.46. The van der Waals surface area contributed by atoms with Gasteiger partial charge in [-0.25, -0.2) is 25.4 Å². The van der Waals surface area contributed by atoms with Gasteiger partial charge in [0, 0.05) is 31.6 Å². The lowest BCUT2D eigenvalue weighted by molar-refractivity contribution is 0.0901. The number of aromatic nitrogens is 3. The summed E-state index contributed by atoms with van der Waals surface area (Å²) in [6, 6.07) is 11.3. The quantitative estimate of drug-likeness (QED) is 0.371. The third-order valence-electron chi connectivity index (χ3n) is 5.21. The lowest BCUT2D eigenvalue weighted by Gasteiger charge is -2.12. The number of hydrogen-bond donors (Lipinski definition) is 3. The number of rotatable bonds is 9. The van der Waals surface area contributed by atoms with Crippen LogP contribution in [-0.2, 0) is 6.54 Å². The van der Waals surface area contributed by atoms with Gasteiger partial charge in [-0.15, -0.1) is 12.3 Å². The Morgan fingerprint density at radius 2 is 2.10 bits per heavy atom. The average molecular weight is 404 g/mol. The Morgan fingerprint density at radius 3 is 2.80 bits per heavy atom. The zero-order valence-electron chi connectivity index (χ0n) is 16.8. The molecule has 3 heterocycles. The summed E-state index contributed by atoms with van der Waals surface area (Å²) < 4.78 is 6.75. The highest BCUT2D eigenvalue weighted by Crippen LogP contribution is 2.26. The molecule has 1 aromatic carbocycles. The molecule has 3 N–H and O–H groups in total. The Morgan fingerprint density at radius 1 is 1.27 bits per heavy atom. The van der Waals surface area contributed by atoms with Gasteiger partial charge in [0.25, 0.3) is 0 Å². The third-order valence-corrected chi connectivity index (χ3v) is 5.21. The van der Waals surface area contributed by atoms with Gasteiger partial charge in [-0.2, -0.15) is 0 Å². The summed E-state index contributed by atoms with van der Waals surface area (Å²) >= 11 is 0. The van der Waals surface area contributed by atoms with Crippen molar-refractivity contribution < 1.29 is 9.53 Å². The van der Waals surface area contributed by atoms with Crippen molar-refractivity contribution in [3.63, 3.8) is 0 Å². The Labute approximate surface area is 175 Å². The number of nitrogens with one attached hydrogen (secondary N) is 3. The molecule has 1 aliphatic rings. The van der Waals surface area contributed by atoms with Crippen LogP contribution in [0.5, 0.6) is 5.88 Å². The zero-order valence-corrected chi connectivity index (χ0v) is 16.8. The number of pyridine rings is 1. The molecule has 154 valence electrons. The van der Waals surface area contributed by atoms with Gasteiger partial charge in [-0.3, -0.25) is 4.79 Å². The first-order chi connectivity index (χ1) is 14.6. The number of ether oxygens (including phenoxy) is 1. The Balaban J connectivity index is 1.51. The molecule has 4 rings (SSSR count). The van der Waals surface area contributed by atoms with Gasteiger partial charge in [0.2, 0.25) is 17.7 Å². The highest BCUT2D eigenvalue weighted by molar-refractivity contribution is 5.93. The summed E-state index contributed by atoms with van der Waals surface area (Å²) in [7, 11) is 1.58. The molecule has 0 atom stereocenters. The number of nitrogens with zero attached hydrogens (tertiary/aromatic N) is 3. The van der Waals surface area contributed by atoms with Gasteiger partial charge >= 0.3 is 0 Å². The number of fused-ring (bicyclic) bond motifs is 1. The van der Waals surface area contributed by atoms with E-state index in [4.69, 9.17) is 11.2 Å². The molecule has 1 saturated heterocycles. The summed E-state index contributed by atoms with van der Waals surface area (Å²) in [4.78, 5) is 22.0. The van der Waals surface area contributed by atoms with Gasteiger partial charge in [-0.1, -0.05) is 18.2 Å². The maximum absolute atomic E-state index is 13.1. The van der Waals surface area contributed by atoms with E-state index in [-0.39, 0.29) is 11.6 Å². The Bertz CT molecular complexity index is 1080. The van der Waals surface area contributed by atoms with E-state index in [2.05, 4.69) is 32.1 Å². The second kappa shape index (κ2) is 8.53. The van der Waals surface area contributed by atoms with Crippen LogP contribution in [0.25, 0.3) is 11.0 Å². The van der Waals surface area contributed by atoms with Crippen molar-refractivity contribution in [2.75, 3.05) is 12.4 Å². The van der Waals surface area contributed by atoms with Crippen LogP contribution in [0, 0.1) is 12.3 Å². The largest absolute Gasteiger partial charge is 0.481 e. The minimum atomic E-state index is -0.235. The number of terminal acetylenes is 1. The van der Waals surface area contributed by atoms with Crippen LogP contribution in [0.15, 0.2) is 42.6 Å². The van der Waals surface area contributed by atoms with E-state index >= 15 is 0 Å². The van der Waals surface area contributed by atoms with E-state index in [9.17, 15) is 4.79 Å². The first-order valence-electron chi connectivity index (χ1n) is 9.85. The molecule has 3 aromatic rings. The number of methoxy groups -OCH3 is 1. The highest BCUT2D eigenvalue weighted by atomic mass is 16.5. The molecule has 0 bridgehead atoms. The Hall–Kier alpha value is -3.41. The van der Waals surface area contributed by atoms with Crippen LogP contribution in [0.2, 0.25) is 0 Å². The van der Waals surface area contributed by atoms with E-state index in [1.54, 1.807) is 23.9 Å². The van der Waals surface area contributed by atoms with Crippen molar-refractivity contribution in [3.05, 3.63) is 48.2 Å². The molecule has 30 heavy (non-hydrogen) atoms. The Kier molecular flexibility index (Phi) is 5.65. The monoisotopic (exact) mass is 404 g/mol. The first kappa shape index (κ1) is 19.9. The van der Waals surface area contributed by atoms with Crippen LogP contribution in [0.3, 0.4) is 0 Å². The first-order valence-corrected chi connectivity index (χ1v) is 9.85. The topological polar surface area (TPSA) is 113 Å². The van der Waals surface area contributed by atoms with Gasteiger partial charge < -0.3 is 10.1 Å². The fraction of sp³-hybridized carbons (Fsp3) is 0.318. The molecule has 0 amide bonds. The van der Waals surface area contributed by atoms with Gasteiger partial charge in [0.15, 0.2) is 0 Å². The molecule has 1 aliphatic heterocycles. The van der Waals surface area contributed by atoms with Crippen molar-refractivity contribution >= 4 is 22.9 Å². The van der Waals surface area contributed by atoms with Crippen molar-refractivity contribution in [3.8, 4) is 18.2 Å². The maximum Gasteiger partial charge on any atom is 0.234 e.